The molecule has 1 N–H and O–H groups in total. The van der Waals surface area contributed by atoms with Crippen LogP contribution in [-0.4, -0.2) is 71.6 Å². The molecule has 0 aliphatic carbocycles. The second kappa shape index (κ2) is 14.1. The van der Waals surface area contributed by atoms with Crippen molar-refractivity contribution >= 4 is 33.3 Å². The molecule has 0 aromatic heterocycles. The number of piperidine rings is 1. The van der Waals surface area contributed by atoms with E-state index < -0.39 is 14.9 Å². The number of non-ortho nitro benzene ring substituents is 1. The summed E-state index contributed by atoms with van der Waals surface area (Å²) in [6, 6.07) is 22.8. The summed E-state index contributed by atoms with van der Waals surface area (Å²) in [6.45, 7) is 2.91. The topological polar surface area (TPSA) is 133 Å². The maximum Gasteiger partial charge on any atom is 0.321 e. The number of hydrogen-bond donors (Lipinski definition) is 1. The van der Waals surface area contributed by atoms with Gasteiger partial charge in [-0.3, -0.25) is 14.9 Å². The molecule has 0 bridgehead atoms. The van der Waals surface area contributed by atoms with Crippen molar-refractivity contribution in [3.8, 4) is 0 Å². The van der Waals surface area contributed by atoms with Gasteiger partial charge in [0.25, 0.3) is 5.69 Å². The molecule has 0 spiro atoms. The average Bonchev–Trinajstić information content (AvgIpc) is 3.01. The monoisotopic (exact) mass is 593 g/mol. The molecule has 11 nitrogen and oxygen atoms in total. The minimum atomic E-state index is -3.87. The van der Waals surface area contributed by atoms with Crippen LogP contribution in [-0.2, 0) is 21.4 Å². The van der Waals surface area contributed by atoms with Gasteiger partial charge in [0.05, 0.1) is 16.4 Å². The van der Waals surface area contributed by atoms with E-state index in [0.29, 0.717) is 44.6 Å². The van der Waals surface area contributed by atoms with Gasteiger partial charge in [-0.1, -0.05) is 55.5 Å². The van der Waals surface area contributed by atoms with Gasteiger partial charge in [-0.05, 0) is 49.1 Å². The number of sulfonamides is 1. The van der Waals surface area contributed by atoms with E-state index in [1.807, 2.05) is 37.3 Å². The van der Waals surface area contributed by atoms with Crippen molar-refractivity contribution in [1.82, 2.24) is 14.1 Å². The molecular formula is C30H35N5O6S. The number of nitro benzene ring substituents is 1. The zero-order valence-corrected chi connectivity index (χ0v) is 24.3. The quantitative estimate of drug-likeness (QED) is 0.253. The van der Waals surface area contributed by atoms with E-state index in [0.717, 1.165) is 5.56 Å². The highest BCUT2D eigenvalue weighted by Gasteiger charge is 2.33. The summed E-state index contributed by atoms with van der Waals surface area (Å²) >= 11 is 0. The molecule has 0 radical (unpaired) electrons. The minimum absolute atomic E-state index is 0.0638. The van der Waals surface area contributed by atoms with Crippen LogP contribution in [0.25, 0.3) is 0 Å². The number of amides is 3. The summed E-state index contributed by atoms with van der Waals surface area (Å²) in [6.07, 6.45) is 1.59. The van der Waals surface area contributed by atoms with Crippen molar-refractivity contribution in [3.63, 3.8) is 0 Å². The van der Waals surface area contributed by atoms with Crippen molar-refractivity contribution in [2.45, 2.75) is 43.7 Å². The molecule has 1 heterocycles. The standard InChI is InChI=1S/C30H35N5O6S/c1-2-19-33(42(40,41)28-11-7-4-8-12-28)23-29(36)34(22-24-9-5-3-6-10-24)26-17-20-32(21-18-26)30(37)31-25-13-15-27(16-14-25)35(38)39/h3-16,26H,2,17-23H2,1H3,(H,31,37). The molecule has 0 saturated carbocycles. The van der Waals surface area contributed by atoms with Crippen LogP contribution in [0.4, 0.5) is 16.2 Å². The van der Waals surface area contributed by atoms with Gasteiger partial charge in [-0.2, -0.15) is 4.31 Å². The Morgan fingerprint density at radius 1 is 0.952 bits per heavy atom. The highest BCUT2D eigenvalue weighted by atomic mass is 32.2. The van der Waals surface area contributed by atoms with Gasteiger partial charge in [0.15, 0.2) is 0 Å². The average molecular weight is 594 g/mol. The lowest BCUT2D eigenvalue weighted by Crippen LogP contribution is -2.51. The van der Waals surface area contributed by atoms with E-state index in [1.54, 1.807) is 28.0 Å². The predicted octanol–water partition coefficient (Wildman–Crippen LogP) is 4.72. The smallest absolute Gasteiger partial charge is 0.321 e. The van der Waals surface area contributed by atoms with Crippen LogP contribution in [0, 0.1) is 10.1 Å². The number of nitro groups is 1. The van der Waals surface area contributed by atoms with E-state index in [2.05, 4.69) is 5.32 Å². The van der Waals surface area contributed by atoms with Crippen LogP contribution in [0.2, 0.25) is 0 Å². The fraction of sp³-hybridized carbons (Fsp3) is 0.333. The van der Waals surface area contributed by atoms with Gasteiger partial charge in [0.2, 0.25) is 15.9 Å². The van der Waals surface area contributed by atoms with Gasteiger partial charge >= 0.3 is 6.03 Å². The van der Waals surface area contributed by atoms with Crippen molar-refractivity contribution in [2.24, 2.45) is 0 Å². The van der Waals surface area contributed by atoms with Crippen molar-refractivity contribution in [3.05, 3.63) is 101 Å². The molecule has 1 saturated heterocycles. The number of hydrogen-bond acceptors (Lipinski definition) is 6. The molecule has 3 amide bonds. The molecule has 1 aliphatic rings. The fourth-order valence-electron chi connectivity index (χ4n) is 4.97. The second-order valence-corrected chi connectivity index (χ2v) is 12.0. The number of urea groups is 1. The van der Waals surface area contributed by atoms with Crippen LogP contribution in [0.1, 0.15) is 31.7 Å². The Kier molecular flexibility index (Phi) is 10.3. The Morgan fingerprint density at radius 3 is 2.12 bits per heavy atom. The third-order valence-electron chi connectivity index (χ3n) is 7.20. The van der Waals surface area contributed by atoms with E-state index in [9.17, 15) is 28.1 Å². The first kappa shape index (κ1) is 30.7. The van der Waals surface area contributed by atoms with Gasteiger partial charge < -0.3 is 15.1 Å². The number of likely N-dealkylation sites (tertiary alicyclic amines) is 1. The maximum absolute atomic E-state index is 13.8. The van der Waals surface area contributed by atoms with Crippen LogP contribution in [0.3, 0.4) is 0 Å². The number of nitrogens with one attached hydrogen (secondary N) is 1. The summed E-state index contributed by atoms with van der Waals surface area (Å²) in [5.74, 6) is -0.291. The van der Waals surface area contributed by atoms with E-state index in [1.165, 1.54) is 40.7 Å². The minimum Gasteiger partial charge on any atom is -0.334 e. The van der Waals surface area contributed by atoms with E-state index in [4.69, 9.17) is 0 Å². The maximum atomic E-state index is 13.8. The van der Waals surface area contributed by atoms with E-state index in [-0.39, 0.29) is 41.7 Å². The Bertz CT molecular complexity index is 1460. The highest BCUT2D eigenvalue weighted by Crippen LogP contribution is 2.23. The summed E-state index contributed by atoms with van der Waals surface area (Å²) in [5.41, 5.74) is 1.31. The number of rotatable bonds is 11. The van der Waals surface area contributed by atoms with Crippen LogP contribution < -0.4 is 5.32 Å². The van der Waals surface area contributed by atoms with Gasteiger partial charge in [-0.15, -0.1) is 0 Å². The number of carbonyl (C=O) groups excluding carboxylic acids is 2. The Morgan fingerprint density at radius 2 is 1.55 bits per heavy atom. The normalized spacial score (nSPS) is 14.0. The summed E-state index contributed by atoms with van der Waals surface area (Å²) in [4.78, 5) is 40.6. The van der Waals surface area contributed by atoms with Gasteiger partial charge in [0, 0.05) is 50.0 Å². The number of nitrogens with zero attached hydrogens (tertiary/aromatic N) is 4. The summed E-state index contributed by atoms with van der Waals surface area (Å²) < 4.78 is 28.1. The van der Waals surface area contributed by atoms with Crippen LogP contribution in [0.15, 0.2) is 89.8 Å². The number of carbonyl (C=O) groups is 2. The highest BCUT2D eigenvalue weighted by molar-refractivity contribution is 7.89. The van der Waals surface area contributed by atoms with Gasteiger partial charge in [-0.25, -0.2) is 13.2 Å². The molecule has 12 heteroatoms. The molecule has 1 aliphatic heterocycles. The lowest BCUT2D eigenvalue weighted by molar-refractivity contribution is -0.384. The Balaban J connectivity index is 1.46. The van der Waals surface area contributed by atoms with Crippen LogP contribution >= 0.6 is 0 Å². The predicted molar refractivity (Wildman–Crippen MR) is 159 cm³/mol. The lowest BCUT2D eigenvalue weighted by Gasteiger charge is -2.39. The summed E-state index contributed by atoms with van der Waals surface area (Å²) in [7, 11) is -3.87. The Hall–Kier alpha value is -4.29. The number of benzene rings is 3. The molecule has 0 unspecified atom stereocenters. The molecule has 3 aromatic carbocycles. The van der Waals surface area contributed by atoms with E-state index >= 15 is 0 Å². The zero-order chi connectivity index (χ0) is 30.1. The first-order valence-corrected chi connectivity index (χ1v) is 15.3. The third-order valence-corrected chi connectivity index (χ3v) is 9.06. The van der Waals surface area contributed by atoms with Crippen molar-refractivity contribution in [2.75, 3.05) is 31.5 Å². The molecular weight excluding hydrogens is 558 g/mol. The SMILES string of the molecule is CCCN(CC(=O)N(Cc1ccccc1)C1CCN(C(=O)Nc2ccc([N+](=O)[O-])cc2)CC1)S(=O)(=O)c1ccccc1. The van der Waals surface area contributed by atoms with Gasteiger partial charge in [0.1, 0.15) is 0 Å². The first-order chi connectivity index (χ1) is 20.2. The molecule has 1 fully saturated rings. The molecule has 4 rings (SSSR count). The zero-order valence-electron chi connectivity index (χ0n) is 23.5. The molecule has 0 atom stereocenters. The number of anilines is 1. The second-order valence-electron chi connectivity index (χ2n) is 10.1. The van der Waals surface area contributed by atoms with Crippen LogP contribution in [0.5, 0.6) is 0 Å². The molecule has 222 valence electrons. The molecule has 42 heavy (non-hydrogen) atoms. The largest absolute Gasteiger partial charge is 0.334 e. The molecule has 3 aromatic rings. The fourth-order valence-corrected chi connectivity index (χ4v) is 6.47. The first-order valence-electron chi connectivity index (χ1n) is 13.9. The lowest BCUT2D eigenvalue weighted by atomic mass is 10.0. The Labute approximate surface area is 245 Å². The van der Waals surface area contributed by atoms with Crippen molar-refractivity contribution in [1.29, 1.82) is 0 Å². The van der Waals surface area contributed by atoms with Crippen molar-refractivity contribution < 1.29 is 22.9 Å². The summed E-state index contributed by atoms with van der Waals surface area (Å²) in [5, 5.41) is 13.7. The third kappa shape index (κ3) is 7.71.